The van der Waals surface area contributed by atoms with E-state index in [-0.39, 0.29) is 51.6 Å². The molecule has 0 aromatic carbocycles. The predicted molar refractivity (Wildman–Crippen MR) is 94.3 cm³/mol. The summed E-state index contributed by atoms with van der Waals surface area (Å²) >= 11 is 0. The van der Waals surface area contributed by atoms with Crippen molar-refractivity contribution in [3.8, 4) is 0 Å². The molecule has 0 aliphatic carbocycles. The van der Waals surface area contributed by atoms with Crippen LogP contribution in [-0.2, 0) is 28.7 Å². The van der Waals surface area contributed by atoms with Gasteiger partial charge in [-0.2, -0.15) is 0 Å². The number of urea groups is 1. The molecular formula is C18H28N2O7. The number of carbonyl (C=O) groups is 5. The summed E-state index contributed by atoms with van der Waals surface area (Å²) in [6, 6.07) is -0.711. The Hall–Kier alpha value is -2.45. The number of hydrogen-bond donors (Lipinski definition) is 0. The summed E-state index contributed by atoms with van der Waals surface area (Å²) in [6.45, 7) is 3.51. The van der Waals surface area contributed by atoms with Crippen LogP contribution in [0.25, 0.3) is 0 Å². The van der Waals surface area contributed by atoms with E-state index in [2.05, 4.69) is 9.47 Å². The lowest BCUT2D eigenvalue weighted by Gasteiger charge is -2.43. The van der Waals surface area contributed by atoms with Crippen molar-refractivity contribution in [3.05, 3.63) is 0 Å². The van der Waals surface area contributed by atoms with Crippen molar-refractivity contribution < 1.29 is 33.4 Å². The molecule has 9 nitrogen and oxygen atoms in total. The molecule has 1 aliphatic heterocycles. The van der Waals surface area contributed by atoms with Crippen LogP contribution < -0.4 is 0 Å². The van der Waals surface area contributed by atoms with Gasteiger partial charge in [-0.25, -0.2) is 4.79 Å². The highest BCUT2D eigenvalue weighted by Gasteiger charge is 2.54. The van der Waals surface area contributed by atoms with Crippen LogP contribution in [0.4, 0.5) is 4.79 Å². The second-order valence-electron chi connectivity index (χ2n) is 6.34. The SMILES string of the molecule is CCC1(CC)C(=O)N(CCCC(=O)OC)C(=O)N(CCCC(=O)OC)C1=O. The zero-order valence-electron chi connectivity index (χ0n) is 16.4. The van der Waals surface area contributed by atoms with Gasteiger partial charge in [-0.15, -0.1) is 0 Å². The van der Waals surface area contributed by atoms with E-state index < -0.39 is 35.2 Å². The Kier molecular flexibility index (Phi) is 8.39. The highest BCUT2D eigenvalue weighted by Crippen LogP contribution is 2.36. The number of barbiturate groups is 1. The Morgan fingerprint density at radius 3 is 1.48 bits per heavy atom. The van der Waals surface area contributed by atoms with Gasteiger partial charge in [-0.05, 0) is 25.7 Å². The van der Waals surface area contributed by atoms with Gasteiger partial charge in [0, 0.05) is 25.9 Å². The standard InChI is InChI=1S/C18H28N2O7/c1-5-18(6-2)15(23)19(11-7-9-13(21)26-3)17(25)20(16(18)24)12-8-10-14(22)27-4/h5-12H2,1-4H3. The summed E-state index contributed by atoms with van der Waals surface area (Å²) in [5, 5.41) is 0. The van der Waals surface area contributed by atoms with Gasteiger partial charge < -0.3 is 9.47 Å². The minimum atomic E-state index is -1.30. The first kappa shape index (κ1) is 22.6. The molecule has 0 atom stereocenters. The molecule has 0 N–H and O–H groups in total. The molecule has 0 spiro atoms. The molecule has 27 heavy (non-hydrogen) atoms. The third-order valence-corrected chi connectivity index (χ3v) is 4.96. The lowest BCUT2D eigenvalue weighted by Crippen LogP contribution is -2.65. The zero-order valence-corrected chi connectivity index (χ0v) is 16.4. The largest absolute Gasteiger partial charge is 0.469 e. The summed E-state index contributed by atoms with van der Waals surface area (Å²) < 4.78 is 9.13. The van der Waals surface area contributed by atoms with Crippen LogP contribution in [0.5, 0.6) is 0 Å². The van der Waals surface area contributed by atoms with E-state index in [1.54, 1.807) is 13.8 Å². The summed E-state index contributed by atoms with van der Waals surface area (Å²) in [7, 11) is 2.53. The van der Waals surface area contributed by atoms with Gasteiger partial charge in [-0.1, -0.05) is 13.8 Å². The van der Waals surface area contributed by atoms with Crippen LogP contribution in [0.15, 0.2) is 0 Å². The van der Waals surface area contributed by atoms with Gasteiger partial charge in [0.25, 0.3) is 0 Å². The molecule has 1 rings (SSSR count). The summed E-state index contributed by atoms with van der Waals surface area (Å²) in [4.78, 5) is 63.2. The molecule has 152 valence electrons. The second kappa shape index (κ2) is 10.0. The molecule has 0 unspecified atom stereocenters. The Bertz CT molecular complexity index is 553. The number of hydrogen-bond acceptors (Lipinski definition) is 7. The van der Waals surface area contributed by atoms with E-state index in [0.29, 0.717) is 0 Å². The first-order valence-electron chi connectivity index (χ1n) is 9.10. The van der Waals surface area contributed by atoms with Gasteiger partial charge in [0.1, 0.15) is 5.41 Å². The molecule has 0 saturated carbocycles. The van der Waals surface area contributed by atoms with Gasteiger partial charge in [0.05, 0.1) is 14.2 Å². The van der Waals surface area contributed by atoms with E-state index in [4.69, 9.17) is 0 Å². The third kappa shape index (κ3) is 4.84. The van der Waals surface area contributed by atoms with E-state index >= 15 is 0 Å². The van der Waals surface area contributed by atoms with Crippen molar-refractivity contribution in [1.29, 1.82) is 0 Å². The van der Waals surface area contributed by atoms with Crippen molar-refractivity contribution in [2.75, 3.05) is 27.3 Å². The Labute approximate surface area is 158 Å². The number of esters is 2. The molecule has 0 aromatic heterocycles. The summed E-state index contributed by atoms with van der Waals surface area (Å²) in [6.07, 6.45) is 1.14. The summed E-state index contributed by atoms with van der Waals surface area (Å²) in [5.74, 6) is -1.93. The summed E-state index contributed by atoms with van der Waals surface area (Å²) in [5.41, 5.74) is -1.30. The quantitative estimate of drug-likeness (QED) is 0.414. The number of amides is 4. The van der Waals surface area contributed by atoms with Gasteiger partial charge in [-0.3, -0.25) is 29.0 Å². The van der Waals surface area contributed by atoms with Crippen LogP contribution >= 0.6 is 0 Å². The van der Waals surface area contributed by atoms with E-state index in [0.717, 1.165) is 9.80 Å². The van der Waals surface area contributed by atoms with E-state index in [1.165, 1.54) is 14.2 Å². The molecule has 9 heteroatoms. The van der Waals surface area contributed by atoms with Crippen LogP contribution in [0.3, 0.4) is 0 Å². The molecule has 0 radical (unpaired) electrons. The monoisotopic (exact) mass is 384 g/mol. The van der Waals surface area contributed by atoms with Crippen molar-refractivity contribution in [1.82, 2.24) is 9.80 Å². The lowest BCUT2D eigenvalue weighted by atomic mass is 9.78. The number of nitrogens with zero attached hydrogens (tertiary/aromatic N) is 2. The average molecular weight is 384 g/mol. The Morgan fingerprint density at radius 1 is 0.815 bits per heavy atom. The molecule has 4 amide bonds. The molecule has 1 aliphatic rings. The first-order chi connectivity index (χ1) is 12.8. The van der Waals surface area contributed by atoms with Crippen molar-refractivity contribution in [2.45, 2.75) is 52.4 Å². The van der Waals surface area contributed by atoms with E-state index in [1.807, 2.05) is 0 Å². The van der Waals surface area contributed by atoms with Crippen molar-refractivity contribution >= 4 is 29.8 Å². The minimum Gasteiger partial charge on any atom is -0.469 e. The molecule has 0 aromatic rings. The Morgan fingerprint density at radius 2 is 1.19 bits per heavy atom. The smallest absolute Gasteiger partial charge is 0.333 e. The predicted octanol–water partition coefficient (Wildman–Crippen LogP) is 1.49. The first-order valence-corrected chi connectivity index (χ1v) is 9.10. The van der Waals surface area contributed by atoms with Gasteiger partial charge >= 0.3 is 18.0 Å². The zero-order chi connectivity index (χ0) is 20.6. The van der Waals surface area contributed by atoms with Crippen LogP contribution in [0.2, 0.25) is 0 Å². The second-order valence-corrected chi connectivity index (χ2v) is 6.34. The maximum atomic E-state index is 12.9. The fourth-order valence-corrected chi connectivity index (χ4v) is 3.14. The van der Waals surface area contributed by atoms with Crippen molar-refractivity contribution in [2.24, 2.45) is 5.41 Å². The number of carbonyl (C=O) groups excluding carboxylic acids is 5. The maximum absolute atomic E-state index is 12.9. The lowest BCUT2D eigenvalue weighted by molar-refractivity contribution is -0.160. The number of ether oxygens (including phenoxy) is 2. The van der Waals surface area contributed by atoms with Crippen LogP contribution in [0, 0.1) is 5.41 Å². The Balaban J connectivity index is 2.99. The molecule has 1 fully saturated rings. The molecule has 1 heterocycles. The third-order valence-electron chi connectivity index (χ3n) is 4.96. The average Bonchev–Trinajstić information content (AvgIpc) is 2.67. The highest BCUT2D eigenvalue weighted by molar-refractivity contribution is 6.19. The molecule has 1 saturated heterocycles. The number of methoxy groups -OCH3 is 2. The topological polar surface area (TPSA) is 110 Å². The fraction of sp³-hybridized carbons (Fsp3) is 0.722. The highest BCUT2D eigenvalue weighted by atomic mass is 16.5. The number of imide groups is 2. The maximum Gasteiger partial charge on any atom is 0.333 e. The van der Waals surface area contributed by atoms with E-state index in [9.17, 15) is 24.0 Å². The minimum absolute atomic E-state index is 0.0231. The fourth-order valence-electron chi connectivity index (χ4n) is 3.14. The van der Waals surface area contributed by atoms with Crippen LogP contribution in [-0.4, -0.2) is 66.9 Å². The normalized spacial score (nSPS) is 16.5. The van der Waals surface area contributed by atoms with Crippen LogP contribution in [0.1, 0.15) is 52.4 Å². The number of rotatable bonds is 10. The molecule has 0 bridgehead atoms. The van der Waals surface area contributed by atoms with Crippen molar-refractivity contribution in [3.63, 3.8) is 0 Å². The molecular weight excluding hydrogens is 356 g/mol. The van der Waals surface area contributed by atoms with Gasteiger partial charge in [0.2, 0.25) is 11.8 Å². The van der Waals surface area contributed by atoms with Gasteiger partial charge in [0.15, 0.2) is 0 Å².